The van der Waals surface area contributed by atoms with E-state index in [0.717, 1.165) is 17.1 Å². The van der Waals surface area contributed by atoms with Crippen LogP contribution < -0.4 is 4.90 Å². The molecule has 292 valence electrons. The Morgan fingerprint density at radius 1 is 0.419 bits per heavy atom. The van der Waals surface area contributed by atoms with Gasteiger partial charge in [0.1, 0.15) is 5.00 Å². The molecule has 0 spiro atoms. The maximum atomic E-state index is 2.47. The molecular formula is C59H40N2S. The maximum Gasteiger partial charge on any atom is 0.101 e. The highest BCUT2D eigenvalue weighted by Gasteiger charge is 2.36. The number of anilines is 3. The number of benzene rings is 10. The molecule has 0 bridgehead atoms. The predicted octanol–water partition coefficient (Wildman–Crippen LogP) is 16.9. The fourth-order valence-electron chi connectivity index (χ4n) is 10.6. The van der Waals surface area contributed by atoms with Crippen LogP contribution in [0.25, 0.3) is 92.5 Å². The Morgan fingerprint density at radius 2 is 1.08 bits per heavy atom. The molecule has 0 amide bonds. The number of rotatable bonds is 6. The summed E-state index contributed by atoms with van der Waals surface area (Å²) in [5.41, 5.74) is 14.9. The average molecular weight is 809 g/mol. The standard InChI is InChI=1S/C59H40N2S/c1-59(2)50-19-10-9-18-46(50)47-31-28-45(36-51(47)59)60(44-26-22-38(23-27-44)37-12-5-3-6-13-37)55-33-32-54(62-55)41-25-29-48-52(34-41)61(43-16-7-4-8-17-43)53-35-42-21-20-39-14-11-15-40-24-30-49(58(48)53)57(42)56(39)40/h3-36H,1-2H3. The van der Waals surface area contributed by atoms with Crippen LogP contribution in [0.5, 0.6) is 0 Å². The third-order valence-electron chi connectivity index (χ3n) is 13.5. The molecule has 2 nitrogen and oxygen atoms in total. The van der Waals surface area contributed by atoms with Crippen LogP contribution in [0.3, 0.4) is 0 Å². The van der Waals surface area contributed by atoms with Crippen molar-refractivity contribution in [3.05, 3.63) is 217 Å². The molecule has 0 saturated carbocycles. The molecular weight excluding hydrogens is 769 g/mol. The van der Waals surface area contributed by atoms with E-state index in [2.05, 4.69) is 230 Å². The molecule has 3 heteroatoms. The van der Waals surface area contributed by atoms with Gasteiger partial charge in [0.25, 0.3) is 0 Å². The van der Waals surface area contributed by atoms with Crippen molar-refractivity contribution >= 4 is 81.8 Å². The number of para-hydroxylation sites is 1. The van der Waals surface area contributed by atoms with Gasteiger partial charge < -0.3 is 9.47 Å². The van der Waals surface area contributed by atoms with Gasteiger partial charge in [0.05, 0.1) is 11.0 Å². The maximum absolute atomic E-state index is 2.47. The summed E-state index contributed by atoms with van der Waals surface area (Å²) in [5.74, 6) is 0. The third kappa shape index (κ3) is 5.16. The first-order valence-corrected chi connectivity index (χ1v) is 22.3. The highest BCUT2D eigenvalue weighted by molar-refractivity contribution is 7.19. The monoisotopic (exact) mass is 808 g/mol. The minimum Gasteiger partial charge on any atom is -0.309 e. The Hall–Kier alpha value is -7.46. The topological polar surface area (TPSA) is 8.17 Å². The molecule has 2 aromatic heterocycles. The molecule has 13 rings (SSSR count). The Bertz CT molecular complexity index is 3690. The van der Waals surface area contributed by atoms with Crippen LogP contribution in [-0.4, -0.2) is 4.57 Å². The second-order valence-corrected chi connectivity index (χ2v) is 18.4. The zero-order valence-electron chi connectivity index (χ0n) is 34.4. The lowest BCUT2D eigenvalue weighted by molar-refractivity contribution is 0.660. The molecule has 0 saturated heterocycles. The summed E-state index contributed by atoms with van der Waals surface area (Å²) >= 11 is 1.85. The van der Waals surface area contributed by atoms with Gasteiger partial charge >= 0.3 is 0 Å². The van der Waals surface area contributed by atoms with Crippen LogP contribution in [0, 0.1) is 0 Å². The molecule has 0 aliphatic heterocycles. The van der Waals surface area contributed by atoms with Crippen LogP contribution in [0.4, 0.5) is 16.4 Å². The van der Waals surface area contributed by atoms with Crippen molar-refractivity contribution in [2.24, 2.45) is 0 Å². The number of hydrogen-bond acceptors (Lipinski definition) is 2. The Morgan fingerprint density at radius 3 is 1.90 bits per heavy atom. The molecule has 1 aliphatic carbocycles. The zero-order chi connectivity index (χ0) is 41.1. The van der Waals surface area contributed by atoms with Crippen molar-refractivity contribution in [2.45, 2.75) is 19.3 Å². The van der Waals surface area contributed by atoms with Crippen LogP contribution in [0.2, 0.25) is 0 Å². The largest absolute Gasteiger partial charge is 0.309 e. The Balaban J connectivity index is 0.984. The Kier molecular flexibility index (Phi) is 7.56. The molecule has 62 heavy (non-hydrogen) atoms. The molecule has 0 N–H and O–H groups in total. The first-order chi connectivity index (χ1) is 30.5. The lowest BCUT2D eigenvalue weighted by atomic mass is 9.82. The highest BCUT2D eigenvalue weighted by atomic mass is 32.1. The first-order valence-electron chi connectivity index (χ1n) is 21.5. The average Bonchev–Trinajstić information content (AvgIpc) is 4.00. The van der Waals surface area contributed by atoms with E-state index in [-0.39, 0.29) is 5.41 Å². The van der Waals surface area contributed by atoms with Gasteiger partial charge in [0, 0.05) is 38.1 Å². The molecule has 0 radical (unpaired) electrons. The number of thiophene rings is 1. The van der Waals surface area contributed by atoms with Crippen molar-refractivity contribution in [1.29, 1.82) is 0 Å². The SMILES string of the molecule is CC1(C)c2ccccc2-c2ccc(N(c3ccc(-c4ccccc4)cc3)c3ccc(-c4ccc5c6c7ccc8cccc9ccc(cc6n(-c6ccccc6)c5c4)c7c98)s3)cc21. The van der Waals surface area contributed by atoms with E-state index in [0.29, 0.717) is 0 Å². The molecule has 12 aromatic rings. The van der Waals surface area contributed by atoms with Crippen LogP contribution in [0.1, 0.15) is 25.0 Å². The van der Waals surface area contributed by atoms with E-state index in [1.165, 1.54) is 103 Å². The van der Waals surface area contributed by atoms with Crippen molar-refractivity contribution in [3.63, 3.8) is 0 Å². The first kappa shape index (κ1) is 35.3. The number of nitrogens with zero attached hydrogens (tertiary/aromatic N) is 2. The highest BCUT2D eigenvalue weighted by Crippen LogP contribution is 2.52. The summed E-state index contributed by atoms with van der Waals surface area (Å²) in [6.07, 6.45) is 0. The van der Waals surface area contributed by atoms with Gasteiger partial charge in [-0.1, -0.05) is 159 Å². The summed E-state index contributed by atoms with van der Waals surface area (Å²) in [6.45, 7) is 4.73. The van der Waals surface area contributed by atoms with E-state index in [1.54, 1.807) is 0 Å². The van der Waals surface area contributed by atoms with Crippen molar-refractivity contribution in [1.82, 2.24) is 4.57 Å². The summed E-state index contributed by atoms with van der Waals surface area (Å²) < 4.78 is 2.47. The number of fused-ring (bicyclic) bond motifs is 7. The predicted molar refractivity (Wildman–Crippen MR) is 265 cm³/mol. The summed E-state index contributed by atoms with van der Waals surface area (Å²) in [5, 5.41) is 11.6. The third-order valence-corrected chi connectivity index (χ3v) is 14.7. The van der Waals surface area contributed by atoms with Crippen LogP contribution in [0.15, 0.2) is 206 Å². The van der Waals surface area contributed by atoms with Gasteiger partial charge in [0.15, 0.2) is 0 Å². The molecule has 1 aliphatic rings. The Labute approximate surface area is 364 Å². The summed E-state index contributed by atoms with van der Waals surface area (Å²) in [6, 6.07) is 76.6. The molecule has 0 unspecified atom stereocenters. The fourth-order valence-corrected chi connectivity index (χ4v) is 11.6. The number of hydrogen-bond donors (Lipinski definition) is 0. The van der Waals surface area contributed by atoms with Crippen LogP contribution >= 0.6 is 11.3 Å². The van der Waals surface area contributed by atoms with E-state index in [9.17, 15) is 0 Å². The van der Waals surface area contributed by atoms with Gasteiger partial charge in [0.2, 0.25) is 0 Å². The van der Waals surface area contributed by atoms with Crippen molar-refractivity contribution in [2.75, 3.05) is 4.90 Å². The van der Waals surface area contributed by atoms with Gasteiger partial charge in [-0.2, -0.15) is 0 Å². The second-order valence-electron chi connectivity index (χ2n) is 17.3. The lowest BCUT2D eigenvalue weighted by Crippen LogP contribution is -2.16. The fraction of sp³-hybridized carbons (Fsp3) is 0.0508. The molecule has 0 fully saturated rings. The van der Waals surface area contributed by atoms with E-state index >= 15 is 0 Å². The van der Waals surface area contributed by atoms with Crippen LogP contribution in [-0.2, 0) is 5.41 Å². The minimum absolute atomic E-state index is 0.104. The van der Waals surface area contributed by atoms with Crippen molar-refractivity contribution in [3.8, 4) is 38.4 Å². The van der Waals surface area contributed by atoms with Gasteiger partial charge in [-0.3, -0.25) is 0 Å². The van der Waals surface area contributed by atoms with Crippen molar-refractivity contribution < 1.29 is 0 Å². The lowest BCUT2D eigenvalue weighted by Gasteiger charge is -2.27. The summed E-state index contributed by atoms with van der Waals surface area (Å²) in [7, 11) is 0. The molecule has 2 heterocycles. The quantitative estimate of drug-likeness (QED) is 0.152. The van der Waals surface area contributed by atoms with E-state index < -0.39 is 0 Å². The molecule has 10 aromatic carbocycles. The van der Waals surface area contributed by atoms with E-state index in [1.807, 2.05) is 11.3 Å². The van der Waals surface area contributed by atoms with E-state index in [4.69, 9.17) is 0 Å². The smallest absolute Gasteiger partial charge is 0.101 e. The van der Waals surface area contributed by atoms with Gasteiger partial charge in [-0.15, -0.1) is 11.3 Å². The normalized spacial score (nSPS) is 13.1. The van der Waals surface area contributed by atoms with Gasteiger partial charge in [-0.05, 0) is 132 Å². The summed E-state index contributed by atoms with van der Waals surface area (Å²) in [4.78, 5) is 3.68. The van der Waals surface area contributed by atoms with Gasteiger partial charge in [-0.25, -0.2) is 0 Å². The second kappa shape index (κ2) is 13.3. The number of aromatic nitrogens is 1. The minimum atomic E-state index is -0.104. The zero-order valence-corrected chi connectivity index (χ0v) is 35.2. The molecule has 0 atom stereocenters.